The number of alkyl halides is 2. The second-order valence-electron chi connectivity index (χ2n) is 9.64. The maximum atomic E-state index is 13.6. The first-order chi connectivity index (χ1) is 19.4. The van der Waals surface area contributed by atoms with Gasteiger partial charge < -0.3 is 29.6 Å². The molecule has 0 fully saturated rings. The largest absolute Gasteiger partial charge is 0.586 e. The molecular formula is C28H27F2N3O7S. The molecule has 10 nitrogen and oxygen atoms in total. The highest BCUT2D eigenvalue weighted by Gasteiger charge is 2.44. The van der Waals surface area contributed by atoms with E-state index in [2.05, 4.69) is 15.0 Å². The lowest BCUT2D eigenvalue weighted by Crippen LogP contribution is -2.51. The molecule has 0 radical (unpaired) electrons. The van der Waals surface area contributed by atoms with Gasteiger partial charge in [-0.05, 0) is 48.9 Å². The third-order valence-corrected chi connectivity index (χ3v) is 8.83. The van der Waals surface area contributed by atoms with E-state index in [0.29, 0.717) is 28.0 Å². The number of nitrogens with one attached hydrogen (secondary N) is 1. The molecule has 0 bridgehead atoms. The van der Waals surface area contributed by atoms with Gasteiger partial charge in [0.1, 0.15) is 11.4 Å². The summed E-state index contributed by atoms with van der Waals surface area (Å²) in [6.45, 7) is 2.10. The molecule has 5 rings (SSSR count). The summed E-state index contributed by atoms with van der Waals surface area (Å²) in [5.74, 6) is -0.257. The molecule has 0 saturated heterocycles. The van der Waals surface area contributed by atoms with Crippen LogP contribution in [-0.4, -0.2) is 59.4 Å². The Bertz CT molecular complexity index is 1730. The summed E-state index contributed by atoms with van der Waals surface area (Å²) >= 11 is 0. The van der Waals surface area contributed by atoms with Crippen LogP contribution in [0.2, 0.25) is 0 Å². The van der Waals surface area contributed by atoms with Crippen LogP contribution in [0.15, 0.2) is 65.6 Å². The maximum absolute atomic E-state index is 13.6. The first kappa shape index (κ1) is 28.5. The highest BCUT2D eigenvalue weighted by atomic mass is 32.2. The van der Waals surface area contributed by atoms with Gasteiger partial charge in [0.2, 0.25) is 0 Å². The van der Waals surface area contributed by atoms with Gasteiger partial charge in [0.05, 0.1) is 41.4 Å². The second kappa shape index (κ2) is 10.4. The van der Waals surface area contributed by atoms with Crippen LogP contribution in [-0.2, 0) is 21.9 Å². The van der Waals surface area contributed by atoms with Gasteiger partial charge in [-0.25, -0.2) is 13.4 Å². The zero-order valence-corrected chi connectivity index (χ0v) is 22.9. The summed E-state index contributed by atoms with van der Waals surface area (Å²) in [6, 6.07) is 15.0. The molecule has 2 heterocycles. The van der Waals surface area contributed by atoms with Crippen molar-refractivity contribution in [3.05, 3.63) is 83.2 Å². The van der Waals surface area contributed by atoms with Crippen molar-refractivity contribution in [3.63, 3.8) is 0 Å². The van der Waals surface area contributed by atoms with E-state index in [4.69, 9.17) is 4.74 Å². The molecule has 0 spiro atoms. The summed E-state index contributed by atoms with van der Waals surface area (Å²) < 4.78 is 62.6. The molecule has 0 saturated carbocycles. The second-order valence-corrected chi connectivity index (χ2v) is 11.9. The summed E-state index contributed by atoms with van der Waals surface area (Å²) in [7, 11) is -3.46. The number of halogens is 2. The smallest absolute Gasteiger partial charge is 0.395 e. The van der Waals surface area contributed by atoms with Gasteiger partial charge in [-0.3, -0.25) is 4.79 Å². The lowest BCUT2D eigenvalue weighted by molar-refractivity contribution is -0.286. The molecule has 0 atom stereocenters. The van der Waals surface area contributed by atoms with Crippen LogP contribution in [0.1, 0.15) is 34.2 Å². The number of ether oxygens (including phenoxy) is 2. The number of aryl methyl sites for hydroxylation is 1. The number of aromatic nitrogens is 2. The molecule has 0 aliphatic carbocycles. The van der Waals surface area contributed by atoms with Crippen LogP contribution in [0.25, 0.3) is 11.0 Å². The van der Waals surface area contributed by atoms with Crippen molar-refractivity contribution < 1.29 is 41.7 Å². The van der Waals surface area contributed by atoms with E-state index in [0.717, 1.165) is 0 Å². The molecule has 216 valence electrons. The molecule has 1 amide bonds. The van der Waals surface area contributed by atoms with Gasteiger partial charge in [0, 0.05) is 11.1 Å². The molecular weight excluding hydrogens is 560 g/mol. The number of hydrogen-bond acceptors (Lipinski definition) is 8. The number of carbonyl (C=O) groups excluding carboxylic acids is 1. The minimum Gasteiger partial charge on any atom is -0.395 e. The highest BCUT2D eigenvalue weighted by Crippen LogP contribution is 2.43. The Labute approximate surface area is 234 Å². The van der Waals surface area contributed by atoms with Crippen LogP contribution in [0.4, 0.5) is 8.78 Å². The van der Waals surface area contributed by atoms with E-state index in [9.17, 15) is 32.2 Å². The molecule has 1 aliphatic heterocycles. The number of rotatable bonds is 9. The van der Waals surface area contributed by atoms with Gasteiger partial charge in [0.15, 0.2) is 21.3 Å². The van der Waals surface area contributed by atoms with E-state index in [1.165, 1.54) is 49.4 Å². The van der Waals surface area contributed by atoms with Gasteiger partial charge in [-0.1, -0.05) is 31.2 Å². The Kier molecular flexibility index (Phi) is 7.22. The number of sulfone groups is 1. The van der Waals surface area contributed by atoms with Gasteiger partial charge in [0.25, 0.3) is 5.91 Å². The molecule has 1 aliphatic rings. The lowest BCUT2D eigenvalue weighted by atomic mass is 9.91. The Morgan fingerprint density at radius 2 is 1.78 bits per heavy atom. The Balaban J connectivity index is 1.41. The summed E-state index contributed by atoms with van der Waals surface area (Å²) in [5.41, 5.74) is 0.462. The molecule has 13 heteroatoms. The quantitative estimate of drug-likeness (QED) is 0.272. The van der Waals surface area contributed by atoms with E-state index in [-0.39, 0.29) is 34.3 Å². The number of carbonyl (C=O) groups is 1. The third kappa shape index (κ3) is 5.23. The number of amides is 1. The van der Waals surface area contributed by atoms with E-state index < -0.39 is 40.8 Å². The van der Waals surface area contributed by atoms with E-state index >= 15 is 0 Å². The van der Waals surface area contributed by atoms with Crippen LogP contribution < -0.4 is 14.8 Å². The van der Waals surface area contributed by atoms with Gasteiger partial charge in [-0.15, -0.1) is 8.78 Å². The van der Waals surface area contributed by atoms with Crippen molar-refractivity contribution in [1.82, 2.24) is 14.9 Å². The minimum absolute atomic E-state index is 0.0561. The minimum atomic E-state index is -3.75. The van der Waals surface area contributed by atoms with Crippen molar-refractivity contribution in [3.8, 4) is 11.5 Å². The topological polar surface area (TPSA) is 140 Å². The van der Waals surface area contributed by atoms with Crippen molar-refractivity contribution in [1.29, 1.82) is 0 Å². The SMILES string of the molecule is CCS(=O)(=O)c1ccc(C(CO)(CO)NC(=O)c2ccc3c(c2)nc(C)n3Cc2cccc3c2OC(F)(F)O3)cc1. The first-order valence-electron chi connectivity index (χ1n) is 12.6. The number of hydrogen-bond donors (Lipinski definition) is 3. The highest BCUT2D eigenvalue weighted by molar-refractivity contribution is 7.91. The molecule has 1 aromatic heterocycles. The number of aliphatic hydroxyl groups is 2. The number of nitrogens with zero attached hydrogens (tertiary/aromatic N) is 2. The molecule has 41 heavy (non-hydrogen) atoms. The van der Waals surface area contributed by atoms with Crippen LogP contribution in [0, 0.1) is 6.92 Å². The predicted octanol–water partition coefficient (Wildman–Crippen LogP) is 3.12. The van der Waals surface area contributed by atoms with Crippen molar-refractivity contribution in [2.75, 3.05) is 19.0 Å². The molecule has 3 N–H and O–H groups in total. The predicted molar refractivity (Wildman–Crippen MR) is 144 cm³/mol. The average molecular weight is 588 g/mol. The van der Waals surface area contributed by atoms with Crippen LogP contribution in [0.5, 0.6) is 11.5 Å². The van der Waals surface area contributed by atoms with Crippen LogP contribution >= 0.6 is 0 Å². The Hall–Kier alpha value is -4.07. The number of fused-ring (bicyclic) bond motifs is 2. The van der Waals surface area contributed by atoms with Gasteiger partial charge >= 0.3 is 6.29 Å². The molecule has 4 aromatic rings. The lowest BCUT2D eigenvalue weighted by Gasteiger charge is -2.31. The third-order valence-electron chi connectivity index (χ3n) is 7.08. The van der Waals surface area contributed by atoms with Crippen LogP contribution in [0.3, 0.4) is 0 Å². The number of benzene rings is 3. The normalized spacial score (nSPS) is 14.4. The summed E-state index contributed by atoms with van der Waals surface area (Å²) in [5, 5.41) is 23.0. The van der Waals surface area contributed by atoms with Crippen molar-refractivity contribution in [2.45, 2.75) is 37.1 Å². The van der Waals surface area contributed by atoms with E-state index in [1.807, 2.05) is 0 Å². The Morgan fingerprint density at radius 3 is 2.44 bits per heavy atom. The summed E-state index contributed by atoms with van der Waals surface area (Å²) in [4.78, 5) is 17.9. The Morgan fingerprint density at radius 1 is 1.07 bits per heavy atom. The standard InChI is InChI=1S/C28H27F2N3O7S/c1-3-41(37,38)21-10-8-20(9-11-21)27(15-34,16-35)32-26(36)18-7-12-23-22(13-18)31-17(2)33(23)14-19-5-4-6-24-25(19)40-28(29,30)39-24/h4-13,34-35H,3,14-16H2,1-2H3,(H,32,36). The van der Waals surface area contributed by atoms with Crippen molar-refractivity contribution in [2.24, 2.45) is 0 Å². The maximum Gasteiger partial charge on any atom is 0.586 e. The monoisotopic (exact) mass is 587 g/mol. The van der Waals surface area contributed by atoms with Gasteiger partial charge in [-0.2, -0.15) is 0 Å². The number of para-hydroxylation sites is 1. The van der Waals surface area contributed by atoms with Crippen molar-refractivity contribution >= 4 is 26.8 Å². The molecule has 0 unspecified atom stereocenters. The molecule has 3 aromatic carbocycles. The zero-order chi connectivity index (χ0) is 29.6. The number of aliphatic hydroxyl groups excluding tert-OH is 2. The summed E-state index contributed by atoms with van der Waals surface area (Å²) in [6.07, 6.45) is -3.75. The van der Waals surface area contributed by atoms with E-state index in [1.54, 1.807) is 29.7 Å². The fourth-order valence-electron chi connectivity index (χ4n) is 4.73. The first-order valence-corrected chi connectivity index (χ1v) is 14.3. The fourth-order valence-corrected chi connectivity index (χ4v) is 5.62. The fraction of sp³-hybridized carbons (Fsp3) is 0.286. The zero-order valence-electron chi connectivity index (χ0n) is 22.1. The average Bonchev–Trinajstić information content (AvgIpc) is 3.45. The number of imidazole rings is 1.